The smallest absolute Gasteiger partial charge is 0.313 e. The fourth-order valence-corrected chi connectivity index (χ4v) is 3.07. The quantitative estimate of drug-likeness (QED) is 0.796. The lowest BCUT2D eigenvalue weighted by Gasteiger charge is -2.24. The van der Waals surface area contributed by atoms with E-state index in [0.717, 1.165) is 11.1 Å². The fourth-order valence-electron chi connectivity index (χ4n) is 2.70. The molecule has 0 bridgehead atoms. The van der Waals surface area contributed by atoms with Crippen molar-refractivity contribution in [3.05, 3.63) is 57.6 Å². The molecule has 1 amide bonds. The Kier molecular flexibility index (Phi) is 5.69. The van der Waals surface area contributed by atoms with Gasteiger partial charge in [-0.2, -0.15) is 0 Å². The van der Waals surface area contributed by atoms with Crippen molar-refractivity contribution in [3.63, 3.8) is 0 Å². The number of fused-ring (bicyclic) bond motifs is 1. The zero-order chi connectivity index (χ0) is 18.7. The Morgan fingerprint density at radius 2 is 2.08 bits per heavy atom. The third kappa shape index (κ3) is 4.29. The minimum absolute atomic E-state index is 0.211. The van der Waals surface area contributed by atoms with Crippen LogP contribution in [0.15, 0.2) is 36.4 Å². The van der Waals surface area contributed by atoms with E-state index in [1.807, 2.05) is 0 Å². The predicted octanol–water partition coefficient (Wildman–Crippen LogP) is 4.03. The summed E-state index contributed by atoms with van der Waals surface area (Å²) < 4.78 is 10.7. The lowest BCUT2D eigenvalue weighted by atomic mass is 9.97. The van der Waals surface area contributed by atoms with Gasteiger partial charge in [-0.05, 0) is 54.8 Å². The summed E-state index contributed by atoms with van der Waals surface area (Å²) in [6, 6.07) is 10.5. The highest BCUT2D eigenvalue weighted by molar-refractivity contribution is 6.31. The van der Waals surface area contributed by atoms with Crippen molar-refractivity contribution in [1.29, 1.82) is 0 Å². The topological polar surface area (TPSA) is 64.6 Å². The largest absolute Gasteiger partial charge is 0.492 e. The molecular formula is C19H17Cl2NO4. The second kappa shape index (κ2) is 7.98. The molecule has 2 aromatic carbocycles. The van der Waals surface area contributed by atoms with Crippen LogP contribution in [0.25, 0.3) is 0 Å². The normalized spacial score (nSPS) is 15.6. The van der Waals surface area contributed by atoms with E-state index in [1.165, 1.54) is 0 Å². The Balaban J connectivity index is 1.54. The number of esters is 1. The van der Waals surface area contributed by atoms with Gasteiger partial charge in [0.25, 0.3) is 5.91 Å². The Morgan fingerprint density at radius 1 is 1.27 bits per heavy atom. The first kappa shape index (κ1) is 18.5. The molecule has 0 saturated carbocycles. The molecule has 3 rings (SSSR count). The Bertz CT molecular complexity index is 853. The summed E-state index contributed by atoms with van der Waals surface area (Å²) in [6.45, 7) is 1.64. The molecule has 1 N–H and O–H groups in total. The van der Waals surface area contributed by atoms with E-state index in [1.54, 1.807) is 43.3 Å². The van der Waals surface area contributed by atoms with Gasteiger partial charge in [0.15, 0.2) is 6.61 Å². The Labute approximate surface area is 161 Å². The van der Waals surface area contributed by atoms with Crippen LogP contribution in [0.4, 0.5) is 5.69 Å². The van der Waals surface area contributed by atoms with Crippen molar-refractivity contribution in [2.24, 2.45) is 5.92 Å². The molecule has 0 aromatic heterocycles. The van der Waals surface area contributed by atoms with Crippen LogP contribution in [-0.4, -0.2) is 25.1 Å². The summed E-state index contributed by atoms with van der Waals surface area (Å²) in [6.07, 6.45) is 0.462. The number of carbonyl (C=O) groups is 2. The monoisotopic (exact) mass is 393 g/mol. The Morgan fingerprint density at radius 3 is 2.88 bits per heavy atom. The highest BCUT2D eigenvalue weighted by Crippen LogP contribution is 2.30. The zero-order valence-electron chi connectivity index (χ0n) is 14.1. The number of hydrogen-bond donors (Lipinski definition) is 1. The van der Waals surface area contributed by atoms with Gasteiger partial charge in [-0.3, -0.25) is 9.59 Å². The van der Waals surface area contributed by atoms with Crippen LogP contribution in [0.1, 0.15) is 11.1 Å². The SMILES string of the molecule is Cc1c(Cl)cccc1NC(=O)COC(=O)C1COc2ccc(Cl)cc2C1. The van der Waals surface area contributed by atoms with Crippen LogP contribution >= 0.6 is 23.2 Å². The number of benzene rings is 2. The predicted molar refractivity (Wildman–Crippen MR) is 99.9 cm³/mol. The van der Waals surface area contributed by atoms with Gasteiger partial charge in [0, 0.05) is 15.7 Å². The molecule has 1 aliphatic heterocycles. The van der Waals surface area contributed by atoms with Gasteiger partial charge in [-0.1, -0.05) is 29.3 Å². The van der Waals surface area contributed by atoms with Crippen molar-refractivity contribution < 1.29 is 19.1 Å². The van der Waals surface area contributed by atoms with Gasteiger partial charge in [-0.15, -0.1) is 0 Å². The van der Waals surface area contributed by atoms with E-state index in [4.69, 9.17) is 32.7 Å². The van der Waals surface area contributed by atoms with Crippen LogP contribution in [-0.2, 0) is 20.7 Å². The molecule has 2 aromatic rings. The molecule has 7 heteroatoms. The number of hydrogen-bond acceptors (Lipinski definition) is 4. The minimum atomic E-state index is -0.478. The zero-order valence-corrected chi connectivity index (χ0v) is 15.6. The summed E-state index contributed by atoms with van der Waals surface area (Å²) in [4.78, 5) is 24.3. The molecule has 0 spiro atoms. The molecule has 0 saturated heterocycles. The van der Waals surface area contributed by atoms with Gasteiger partial charge in [0.05, 0.1) is 5.92 Å². The summed E-state index contributed by atoms with van der Waals surface area (Å²) in [5, 5.41) is 3.82. The summed E-state index contributed by atoms with van der Waals surface area (Å²) >= 11 is 12.0. The lowest BCUT2D eigenvalue weighted by Crippen LogP contribution is -2.32. The highest BCUT2D eigenvalue weighted by atomic mass is 35.5. The van der Waals surface area contributed by atoms with E-state index in [2.05, 4.69) is 5.32 Å². The molecule has 1 heterocycles. The summed E-state index contributed by atoms with van der Waals surface area (Å²) in [5.74, 6) is -0.660. The van der Waals surface area contributed by atoms with E-state index < -0.39 is 17.8 Å². The first-order chi connectivity index (χ1) is 12.4. The van der Waals surface area contributed by atoms with Crippen LogP contribution in [0.2, 0.25) is 10.0 Å². The van der Waals surface area contributed by atoms with Crippen LogP contribution in [0, 0.1) is 12.8 Å². The first-order valence-corrected chi connectivity index (χ1v) is 8.82. The third-order valence-electron chi connectivity index (χ3n) is 4.15. The molecular weight excluding hydrogens is 377 g/mol. The van der Waals surface area contributed by atoms with Gasteiger partial charge < -0.3 is 14.8 Å². The number of anilines is 1. The van der Waals surface area contributed by atoms with Crippen LogP contribution in [0.3, 0.4) is 0 Å². The molecule has 136 valence electrons. The molecule has 1 unspecified atom stereocenters. The standard InChI is InChI=1S/C19H17Cl2NO4/c1-11-15(21)3-2-4-16(11)22-18(23)10-26-19(24)13-7-12-8-14(20)5-6-17(12)25-9-13/h2-6,8,13H,7,9-10H2,1H3,(H,22,23). The molecule has 1 aliphatic rings. The summed E-state index contributed by atoms with van der Waals surface area (Å²) in [5.41, 5.74) is 2.19. The van der Waals surface area contributed by atoms with E-state index >= 15 is 0 Å². The second-order valence-corrected chi connectivity index (χ2v) is 6.88. The van der Waals surface area contributed by atoms with Crippen molar-refractivity contribution in [1.82, 2.24) is 0 Å². The number of amides is 1. The average Bonchev–Trinajstić information content (AvgIpc) is 2.63. The second-order valence-electron chi connectivity index (χ2n) is 6.03. The van der Waals surface area contributed by atoms with E-state index in [9.17, 15) is 9.59 Å². The number of carbonyl (C=O) groups excluding carboxylic acids is 2. The van der Waals surface area contributed by atoms with Crippen molar-refractivity contribution in [3.8, 4) is 5.75 Å². The molecule has 0 radical (unpaired) electrons. The lowest BCUT2D eigenvalue weighted by molar-refractivity contribution is -0.152. The molecule has 5 nitrogen and oxygen atoms in total. The maximum atomic E-state index is 12.2. The van der Waals surface area contributed by atoms with Crippen LogP contribution in [0.5, 0.6) is 5.75 Å². The first-order valence-electron chi connectivity index (χ1n) is 8.07. The maximum Gasteiger partial charge on any atom is 0.313 e. The number of rotatable bonds is 4. The average molecular weight is 394 g/mol. The Hall–Kier alpha value is -2.24. The van der Waals surface area contributed by atoms with Gasteiger partial charge >= 0.3 is 5.97 Å². The van der Waals surface area contributed by atoms with Gasteiger partial charge in [0.1, 0.15) is 12.4 Å². The minimum Gasteiger partial charge on any atom is -0.492 e. The maximum absolute atomic E-state index is 12.2. The number of nitrogens with one attached hydrogen (secondary N) is 1. The van der Waals surface area contributed by atoms with Crippen molar-refractivity contribution in [2.45, 2.75) is 13.3 Å². The highest BCUT2D eigenvalue weighted by Gasteiger charge is 2.28. The van der Waals surface area contributed by atoms with Crippen molar-refractivity contribution >= 4 is 40.8 Å². The molecule has 26 heavy (non-hydrogen) atoms. The van der Waals surface area contributed by atoms with Crippen LogP contribution < -0.4 is 10.1 Å². The number of ether oxygens (including phenoxy) is 2. The third-order valence-corrected chi connectivity index (χ3v) is 4.79. The summed E-state index contributed by atoms with van der Waals surface area (Å²) in [7, 11) is 0. The molecule has 0 aliphatic carbocycles. The van der Waals surface area contributed by atoms with E-state index in [-0.39, 0.29) is 13.2 Å². The van der Waals surface area contributed by atoms with Crippen molar-refractivity contribution in [2.75, 3.05) is 18.5 Å². The van der Waals surface area contributed by atoms with E-state index in [0.29, 0.717) is 27.9 Å². The van der Waals surface area contributed by atoms with Gasteiger partial charge in [0.2, 0.25) is 0 Å². The van der Waals surface area contributed by atoms with Gasteiger partial charge in [-0.25, -0.2) is 0 Å². The number of halogens is 2. The molecule has 0 fully saturated rings. The fraction of sp³-hybridized carbons (Fsp3) is 0.263. The molecule has 1 atom stereocenters.